The van der Waals surface area contributed by atoms with Crippen molar-refractivity contribution in [3.05, 3.63) is 53.1 Å². The van der Waals surface area contributed by atoms with Gasteiger partial charge in [0.25, 0.3) is 5.91 Å². The number of methoxy groups -OCH3 is 1. The van der Waals surface area contributed by atoms with Gasteiger partial charge in [-0.25, -0.2) is 5.43 Å². The maximum absolute atomic E-state index is 12.2. The molecule has 0 spiro atoms. The molecule has 0 radical (unpaired) electrons. The third-order valence-electron chi connectivity index (χ3n) is 4.32. The lowest BCUT2D eigenvalue weighted by Gasteiger charge is -2.10. The van der Waals surface area contributed by atoms with Crippen molar-refractivity contribution in [3.8, 4) is 22.9 Å². The SMILES string of the molecule is CCCOc1ccc(C=NNC(=O)CSc2nnc(-c3ccc(Cl)cc3)n2C)cc1OC. The predicted molar refractivity (Wildman–Crippen MR) is 127 cm³/mol. The van der Waals surface area contributed by atoms with Crippen molar-refractivity contribution in [2.45, 2.75) is 18.5 Å². The minimum Gasteiger partial charge on any atom is -0.493 e. The van der Waals surface area contributed by atoms with Crippen molar-refractivity contribution >= 4 is 35.5 Å². The molecule has 0 saturated heterocycles. The van der Waals surface area contributed by atoms with E-state index in [1.165, 1.54) is 11.8 Å². The van der Waals surface area contributed by atoms with E-state index in [4.69, 9.17) is 21.1 Å². The molecule has 1 aromatic heterocycles. The summed E-state index contributed by atoms with van der Waals surface area (Å²) in [6.45, 7) is 2.65. The fraction of sp³-hybridized carbons (Fsp3) is 0.273. The van der Waals surface area contributed by atoms with Crippen LogP contribution in [-0.2, 0) is 11.8 Å². The van der Waals surface area contributed by atoms with E-state index in [1.54, 1.807) is 31.5 Å². The summed E-state index contributed by atoms with van der Waals surface area (Å²) < 4.78 is 12.8. The quantitative estimate of drug-likeness (QED) is 0.270. The highest BCUT2D eigenvalue weighted by Crippen LogP contribution is 2.27. The number of rotatable bonds is 10. The summed E-state index contributed by atoms with van der Waals surface area (Å²) >= 11 is 7.21. The summed E-state index contributed by atoms with van der Waals surface area (Å²) in [4.78, 5) is 12.2. The Hall–Kier alpha value is -3.04. The first kappa shape index (κ1) is 23.6. The van der Waals surface area contributed by atoms with Crippen molar-refractivity contribution in [2.75, 3.05) is 19.5 Å². The summed E-state index contributed by atoms with van der Waals surface area (Å²) in [7, 11) is 3.43. The van der Waals surface area contributed by atoms with Crippen molar-refractivity contribution in [2.24, 2.45) is 12.1 Å². The number of ether oxygens (including phenoxy) is 2. The maximum Gasteiger partial charge on any atom is 0.250 e. The molecule has 0 aliphatic heterocycles. The van der Waals surface area contributed by atoms with E-state index in [0.29, 0.717) is 34.1 Å². The van der Waals surface area contributed by atoms with Crippen LogP contribution in [0.1, 0.15) is 18.9 Å². The second-order valence-corrected chi connectivity index (χ2v) is 8.09. The van der Waals surface area contributed by atoms with Gasteiger partial charge >= 0.3 is 0 Å². The molecule has 3 aromatic rings. The molecule has 32 heavy (non-hydrogen) atoms. The Morgan fingerprint density at radius 1 is 1.22 bits per heavy atom. The lowest BCUT2D eigenvalue weighted by Crippen LogP contribution is -2.19. The van der Waals surface area contributed by atoms with E-state index in [2.05, 4.69) is 20.7 Å². The van der Waals surface area contributed by atoms with Gasteiger partial charge in [-0.3, -0.25) is 4.79 Å². The first-order chi connectivity index (χ1) is 15.5. The van der Waals surface area contributed by atoms with Crippen LogP contribution < -0.4 is 14.9 Å². The van der Waals surface area contributed by atoms with Gasteiger partial charge in [0.1, 0.15) is 0 Å². The third-order valence-corrected chi connectivity index (χ3v) is 5.59. The van der Waals surface area contributed by atoms with Gasteiger partial charge < -0.3 is 14.0 Å². The van der Waals surface area contributed by atoms with Crippen molar-refractivity contribution in [1.29, 1.82) is 0 Å². The predicted octanol–water partition coefficient (Wildman–Crippen LogP) is 4.18. The van der Waals surface area contributed by atoms with Gasteiger partial charge in [-0.15, -0.1) is 10.2 Å². The van der Waals surface area contributed by atoms with E-state index in [1.807, 2.05) is 42.8 Å². The van der Waals surface area contributed by atoms with Crippen LogP contribution in [0, 0.1) is 0 Å². The van der Waals surface area contributed by atoms with Gasteiger partial charge in [-0.1, -0.05) is 30.3 Å². The zero-order valence-electron chi connectivity index (χ0n) is 18.0. The molecular weight excluding hydrogens is 450 g/mol. The number of hydrogen-bond donors (Lipinski definition) is 1. The highest BCUT2D eigenvalue weighted by Gasteiger charge is 2.13. The number of halogens is 1. The molecule has 0 aliphatic carbocycles. The Labute approximate surface area is 196 Å². The number of amides is 1. The molecule has 10 heteroatoms. The van der Waals surface area contributed by atoms with Gasteiger partial charge in [-0.05, 0) is 54.4 Å². The maximum atomic E-state index is 12.2. The molecule has 2 aromatic carbocycles. The second-order valence-electron chi connectivity index (χ2n) is 6.71. The summed E-state index contributed by atoms with van der Waals surface area (Å²) in [6.07, 6.45) is 2.46. The third kappa shape index (κ3) is 6.24. The molecule has 1 amide bonds. The van der Waals surface area contributed by atoms with E-state index < -0.39 is 0 Å². The van der Waals surface area contributed by atoms with Gasteiger partial charge in [-0.2, -0.15) is 5.10 Å². The largest absolute Gasteiger partial charge is 0.493 e. The number of nitrogens with zero attached hydrogens (tertiary/aromatic N) is 4. The van der Waals surface area contributed by atoms with Crippen molar-refractivity contribution in [3.63, 3.8) is 0 Å². The number of carbonyl (C=O) groups excluding carboxylic acids is 1. The lowest BCUT2D eigenvalue weighted by atomic mass is 10.2. The molecular formula is C22H24ClN5O3S. The molecule has 168 valence electrons. The summed E-state index contributed by atoms with van der Waals surface area (Å²) in [6, 6.07) is 12.8. The van der Waals surface area contributed by atoms with E-state index in [-0.39, 0.29) is 11.7 Å². The first-order valence-electron chi connectivity index (χ1n) is 9.92. The number of hydrogen-bond acceptors (Lipinski definition) is 7. The van der Waals surface area contributed by atoms with Gasteiger partial charge in [0.15, 0.2) is 22.5 Å². The molecule has 1 N–H and O–H groups in total. The first-order valence-corrected chi connectivity index (χ1v) is 11.3. The molecule has 0 bridgehead atoms. The normalized spacial score (nSPS) is 11.0. The highest BCUT2D eigenvalue weighted by atomic mass is 35.5. The molecule has 0 unspecified atom stereocenters. The zero-order valence-corrected chi connectivity index (χ0v) is 19.6. The van der Waals surface area contributed by atoms with Crippen LogP contribution in [-0.4, -0.2) is 46.4 Å². The highest BCUT2D eigenvalue weighted by molar-refractivity contribution is 7.99. The van der Waals surface area contributed by atoms with E-state index >= 15 is 0 Å². The van der Waals surface area contributed by atoms with Gasteiger partial charge in [0, 0.05) is 17.6 Å². The standard InChI is InChI=1S/C22H24ClN5O3S/c1-4-11-31-18-10-5-15(12-19(18)30-3)13-24-25-20(29)14-32-22-27-26-21(28(22)2)16-6-8-17(23)9-7-16/h5-10,12-13H,4,11,14H2,1-3H3,(H,25,29). The minimum atomic E-state index is -0.253. The number of benzene rings is 2. The Morgan fingerprint density at radius 3 is 2.72 bits per heavy atom. The number of carbonyl (C=O) groups is 1. The smallest absolute Gasteiger partial charge is 0.250 e. The molecule has 1 heterocycles. The van der Waals surface area contributed by atoms with Crippen LogP contribution in [0.2, 0.25) is 5.02 Å². The van der Waals surface area contributed by atoms with Crippen LogP contribution in [0.4, 0.5) is 0 Å². The molecule has 8 nitrogen and oxygen atoms in total. The topological polar surface area (TPSA) is 90.6 Å². The van der Waals surface area contributed by atoms with Crippen LogP contribution in [0.3, 0.4) is 0 Å². The van der Waals surface area contributed by atoms with E-state index in [0.717, 1.165) is 17.5 Å². The summed E-state index contributed by atoms with van der Waals surface area (Å²) in [5, 5.41) is 13.7. The Morgan fingerprint density at radius 2 is 2.00 bits per heavy atom. The number of hydrazone groups is 1. The van der Waals surface area contributed by atoms with Gasteiger partial charge in [0.05, 0.1) is 25.7 Å². The number of nitrogens with one attached hydrogen (secondary N) is 1. The fourth-order valence-corrected chi connectivity index (χ4v) is 3.56. The fourth-order valence-electron chi connectivity index (χ4n) is 2.73. The Kier molecular flexibility index (Phi) is 8.52. The molecule has 3 rings (SSSR count). The van der Waals surface area contributed by atoms with Gasteiger partial charge in [0.2, 0.25) is 0 Å². The van der Waals surface area contributed by atoms with Crippen LogP contribution in [0.15, 0.2) is 52.7 Å². The van der Waals surface area contributed by atoms with Crippen LogP contribution in [0.5, 0.6) is 11.5 Å². The number of thioether (sulfide) groups is 1. The molecule has 0 fully saturated rings. The molecule has 0 saturated carbocycles. The van der Waals surface area contributed by atoms with Crippen molar-refractivity contribution < 1.29 is 14.3 Å². The Balaban J connectivity index is 1.53. The average molecular weight is 474 g/mol. The number of aromatic nitrogens is 3. The zero-order chi connectivity index (χ0) is 22.9. The summed E-state index contributed by atoms with van der Waals surface area (Å²) in [5.74, 6) is 1.88. The molecule has 0 aliphatic rings. The van der Waals surface area contributed by atoms with E-state index in [9.17, 15) is 4.79 Å². The molecule has 0 atom stereocenters. The monoisotopic (exact) mass is 473 g/mol. The average Bonchev–Trinajstić information content (AvgIpc) is 3.17. The van der Waals surface area contributed by atoms with Crippen LogP contribution >= 0.6 is 23.4 Å². The Bertz CT molecular complexity index is 1090. The lowest BCUT2D eigenvalue weighted by molar-refractivity contribution is -0.118. The second kappa shape index (κ2) is 11.5. The minimum absolute atomic E-state index is 0.150. The van der Waals surface area contributed by atoms with Crippen LogP contribution in [0.25, 0.3) is 11.4 Å². The van der Waals surface area contributed by atoms with Crippen molar-refractivity contribution in [1.82, 2.24) is 20.2 Å². The summed E-state index contributed by atoms with van der Waals surface area (Å²) in [5.41, 5.74) is 4.19.